The van der Waals surface area contributed by atoms with Gasteiger partial charge in [0.1, 0.15) is 23.1 Å². The van der Waals surface area contributed by atoms with E-state index in [9.17, 15) is 25.2 Å². The van der Waals surface area contributed by atoms with Gasteiger partial charge in [0.25, 0.3) is 0 Å². The number of phenols is 1. The third kappa shape index (κ3) is 7.22. The van der Waals surface area contributed by atoms with Gasteiger partial charge in [-0.2, -0.15) is 0 Å². The number of fused-ring (bicyclic) bond motifs is 3. The maximum atomic E-state index is 13.9. The zero-order valence-electron chi connectivity index (χ0n) is 29.6. The van der Waals surface area contributed by atoms with Crippen LogP contribution in [0, 0.1) is 17.8 Å². The van der Waals surface area contributed by atoms with Gasteiger partial charge in [-0.25, -0.2) is 4.79 Å². The number of rotatable bonds is 12. The van der Waals surface area contributed by atoms with Crippen LogP contribution in [0.3, 0.4) is 0 Å². The number of nitrogens with zero attached hydrogens (tertiary/aromatic N) is 2. The number of para-hydroxylation sites is 1. The third-order valence-electron chi connectivity index (χ3n) is 10.5. The summed E-state index contributed by atoms with van der Waals surface area (Å²) in [5.41, 5.74) is 3.53. The number of aromatic hydroxyl groups is 1. The zero-order chi connectivity index (χ0) is 35.6. The number of hydrogen-bond donors (Lipinski definition) is 6. The van der Waals surface area contributed by atoms with Crippen molar-refractivity contribution in [2.75, 3.05) is 20.3 Å². The molecule has 0 bridgehead atoms. The number of H-pyrrole nitrogens is 1. The molecule has 1 fully saturated rings. The molecule has 6 N–H and O–H groups in total. The second-order valence-corrected chi connectivity index (χ2v) is 15.1. The maximum Gasteiger partial charge on any atom is 0.317 e. The molecule has 0 spiro atoms. The third-order valence-corrected chi connectivity index (χ3v) is 10.5. The Hall–Kier alpha value is -4.06. The van der Waals surface area contributed by atoms with Gasteiger partial charge in [-0.1, -0.05) is 42.3 Å². The minimum Gasteiger partial charge on any atom is -0.508 e. The van der Waals surface area contributed by atoms with Crippen molar-refractivity contribution in [1.82, 2.24) is 15.2 Å². The lowest BCUT2D eigenvalue weighted by molar-refractivity contribution is -0.226. The Morgan fingerprint density at radius 2 is 1.82 bits per heavy atom. The number of carbonyl (C=O) groups excluding carboxylic acids is 1. The van der Waals surface area contributed by atoms with E-state index in [2.05, 4.69) is 16.4 Å². The summed E-state index contributed by atoms with van der Waals surface area (Å²) in [5.74, 6) is -2.09. The number of likely N-dealkylation sites (N-methyl/N-ethyl adjacent to an activating group) is 1. The number of oxime groups is 1. The van der Waals surface area contributed by atoms with Crippen LogP contribution < -0.4 is 10.1 Å². The van der Waals surface area contributed by atoms with Crippen molar-refractivity contribution < 1.29 is 34.8 Å². The molecule has 0 unspecified atom stereocenters. The van der Waals surface area contributed by atoms with Crippen LogP contribution in [0.2, 0.25) is 0 Å². The van der Waals surface area contributed by atoms with E-state index in [1.54, 1.807) is 25.2 Å². The molecule has 0 saturated heterocycles. The number of aromatic nitrogens is 1. The normalized spacial score (nSPS) is 26.5. The van der Waals surface area contributed by atoms with Crippen LogP contribution in [-0.4, -0.2) is 79.7 Å². The van der Waals surface area contributed by atoms with Crippen molar-refractivity contribution in [1.29, 1.82) is 0 Å². The monoisotopic (exact) mass is 688 g/mol. The quantitative estimate of drug-likeness (QED) is 0.102. The lowest BCUT2D eigenvalue weighted by Crippen LogP contribution is -2.69. The highest BCUT2D eigenvalue weighted by Crippen LogP contribution is 2.60. The number of aromatic amines is 1. The fourth-order valence-electron chi connectivity index (χ4n) is 8.22. The first-order chi connectivity index (χ1) is 23.9. The molecular formula is C39H52N4O7. The van der Waals surface area contributed by atoms with Crippen LogP contribution in [0.5, 0.6) is 11.5 Å². The highest BCUT2D eigenvalue weighted by atomic mass is 16.6. The number of carbonyl (C=O) groups is 1. The number of hydrogen-bond acceptors (Lipinski definition) is 8. The van der Waals surface area contributed by atoms with Crippen LogP contribution in [0.1, 0.15) is 82.9 Å². The summed E-state index contributed by atoms with van der Waals surface area (Å²) < 4.78 is 6.61. The predicted molar refractivity (Wildman–Crippen MR) is 192 cm³/mol. The molecule has 1 saturated carbocycles. The minimum atomic E-state index is -1.83. The summed E-state index contributed by atoms with van der Waals surface area (Å²) in [4.78, 5) is 24.8. The van der Waals surface area contributed by atoms with E-state index in [1.807, 2.05) is 51.1 Å². The van der Waals surface area contributed by atoms with Gasteiger partial charge in [-0.05, 0) is 99.6 Å². The SMILES string of the molecule is CN(C(=O)NCc1cc2ccccc2[nH]1)[C@H]1CC(=NOC(C)(C)C)C2=C[C@H](CCCCO)[C@@H](CCCCO)[C@@H]3c4cc(O)ccc4O[C@@]1(O)[C@H]23. The van der Waals surface area contributed by atoms with Crippen molar-refractivity contribution in [2.45, 2.75) is 95.6 Å². The van der Waals surface area contributed by atoms with Gasteiger partial charge in [0.2, 0.25) is 5.79 Å². The van der Waals surface area contributed by atoms with Gasteiger partial charge < -0.3 is 45.2 Å². The van der Waals surface area contributed by atoms with Crippen LogP contribution in [0.4, 0.5) is 4.79 Å². The molecule has 50 heavy (non-hydrogen) atoms. The second-order valence-electron chi connectivity index (χ2n) is 15.1. The Morgan fingerprint density at radius 3 is 2.54 bits per heavy atom. The Labute approximate surface area is 294 Å². The number of amides is 2. The number of aliphatic hydroxyl groups is 3. The standard InChI is InChI=1S/C39H52N4O7/c1-38(2,3)50-42-32-22-34(43(4)37(47)40-23-26-19-25-12-5-6-14-31(25)41-26)39(48)36-29(32)20-24(11-7-9-17-44)28(13-8-10-18-45)35(36)30-21-27(46)15-16-33(30)49-39/h5-6,12,14-16,19-21,24,28,34-36,41,44-46,48H,7-11,13,17-18,22-23H2,1-4H3,(H,40,47)/t24-,28+,34-,35+,36+,39+/m0/s1. The molecule has 11 heteroatoms. The molecule has 270 valence electrons. The molecule has 2 aliphatic carbocycles. The fraction of sp³-hybridized carbons (Fsp3) is 0.538. The van der Waals surface area contributed by atoms with E-state index in [0.717, 1.165) is 53.4 Å². The van der Waals surface area contributed by atoms with E-state index < -0.39 is 23.3 Å². The van der Waals surface area contributed by atoms with Crippen molar-refractivity contribution >= 4 is 22.6 Å². The average Bonchev–Trinajstić information content (AvgIpc) is 3.50. The summed E-state index contributed by atoms with van der Waals surface area (Å²) in [6.45, 7) is 6.23. The Bertz CT molecular complexity index is 1700. The van der Waals surface area contributed by atoms with Gasteiger partial charge in [0, 0.05) is 49.4 Å². The van der Waals surface area contributed by atoms with E-state index in [-0.39, 0.29) is 55.7 Å². The van der Waals surface area contributed by atoms with Crippen molar-refractivity contribution in [3.63, 3.8) is 0 Å². The molecule has 2 heterocycles. The predicted octanol–water partition coefficient (Wildman–Crippen LogP) is 5.94. The molecule has 2 amide bonds. The number of phenolic OH excluding ortho intramolecular Hbond substituents is 1. The van der Waals surface area contributed by atoms with Gasteiger partial charge in [0.15, 0.2) is 0 Å². The van der Waals surface area contributed by atoms with Gasteiger partial charge in [-0.3, -0.25) is 0 Å². The smallest absolute Gasteiger partial charge is 0.317 e. The van der Waals surface area contributed by atoms with E-state index in [1.165, 1.54) is 4.90 Å². The van der Waals surface area contributed by atoms with E-state index in [4.69, 9.17) is 14.7 Å². The zero-order valence-corrected chi connectivity index (χ0v) is 29.6. The number of benzene rings is 2. The molecule has 11 nitrogen and oxygen atoms in total. The fourth-order valence-corrected chi connectivity index (χ4v) is 8.22. The maximum absolute atomic E-state index is 13.9. The molecule has 1 aromatic heterocycles. The highest BCUT2D eigenvalue weighted by molar-refractivity contribution is 6.03. The largest absolute Gasteiger partial charge is 0.508 e. The van der Waals surface area contributed by atoms with Crippen LogP contribution in [0.15, 0.2) is 65.3 Å². The first-order valence-corrected chi connectivity index (χ1v) is 17.9. The van der Waals surface area contributed by atoms with Gasteiger partial charge >= 0.3 is 6.03 Å². The van der Waals surface area contributed by atoms with Crippen LogP contribution in [-0.2, 0) is 11.4 Å². The molecule has 3 aromatic rings. The van der Waals surface area contributed by atoms with E-state index >= 15 is 0 Å². The van der Waals surface area contributed by atoms with Crippen molar-refractivity contribution in [2.24, 2.45) is 22.9 Å². The summed E-state index contributed by atoms with van der Waals surface area (Å²) in [6.07, 6.45) is 6.91. The molecule has 1 aliphatic heterocycles. The molecule has 6 rings (SSSR count). The van der Waals surface area contributed by atoms with Crippen LogP contribution in [0.25, 0.3) is 10.9 Å². The number of aliphatic hydroxyl groups excluding tert-OH is 2. The first-order valence-electron chi connectivity index (χ1n) is 17.9. The lowest BCUT2D eigenvalue weighted by Gasteiger charge is -2.58. The Morgan fingerprint density at radius 1 is 1.08 bits per heavy atom. The summed E-state index contributed by atoms with van der Waals surface area (Å²) in [6, 6.07) is 13.7. The number of ether oxygens (including phenoxy) is 1. The summed E-state index contributed by atoms with van der Waals surface area (Å²) in [7, 11) is 1.67. The lowest BCUT2D eigenvalue weighted by atomic mass is 9.55. The first kappa shape index (κ1) is 35.8. The number of unbranched alkanes of at least 4 members (excludes halogenated alkanes) is 2. The molecule has 6 atom stereocenters. The van der Waals surface area contributed by atoms with Gasteiger partial charge in [-0.15, -0.1) is 0 Å². The number of nitrogens with one attached hydrogen (secondary N) is 2. The molecular weight excluding hydrogens is 636 g/mol. The Kier molecular flexibility index (Phi) is 10.5. The van der Waals surface area contributed by atoms with Crippen LogP contribution >= 0.6 is 0 Å². The topological polar surface area (TPSA) is 160 Å². The molecule has 0 radical (unpaired) electrons. The van der Waals surface area contributed by atoms with E-state index in [0.29, 0.717) is 24.3 Å². The highest BCUT2D eigenvalue weighted by Gasteiger charge is 2.63. The summed E-state index contributed by atoms with van der Waals surface area (Å²) >= 11 is 0. The number of allylic oxidation sites excluding steroid dienone is 1. The second kappa shape index (κ2) is 14.7. The van der Waals surface area contributed by atoms with Crippen molar-refractivity contribution in [3.05, 3.63) is 71.4 Å². The molecule has 3 aliphatic rings. The number of urea groups is 1. The molecule has 2 aromatic carbocycles. The van der Waals surface area contributed by atoms with Gasteiger partial charge in [0.05, 0.1) is 18.2 Å². The summed E-state index contributed by atoms with van der Waals surface area (Å²) in [5, 5.41) is 51.8. The Balaban J connectivity index is 1.42. The minimum absolute atomic E-state index is 0.0228. The average molecular weight is 689 g/mol. The van der Waals surface area contributed by atoms with Crippen molar-refractivity contribution in [3.8, 4) is 11.5 Å².